The third kappa shape index (κ3) is 1.63. The molecule has 0 spiro atoms. The molecule has 0 amide bonds. The first-order chi connectivity index (χ1) is 6.72. The van der Waals surface area contributed by atoms with Crippen molar-refractivity contribution < 1.29 is 29.7 Å². The van der Waals surface area contributed by atoms with Crippen molar-refractivity contribution in [2.24, 2.45) is 5.41 Å². The summed E-state index contributed by atoms with van der Waals surface area (Å²) in [6.07, 6.45) is 1.22. The first kappa shape index (κ1) is 11.4. The third-order valence-electron chi connectivity index (χ3n) is 2.48. The smallest absolute Gasteiger partial charge is 0.343 e. The van der Waals surface area contributed by atoms with Crippen LogP contribution < -0.4 is 0 Å². The largest absolute Gasteiger partial charge is 0.481 e. The Morgan fingerprint density at radius 1 is 1.33 bits per heavy atom. The maximum atomic E-state index is 11.2. The van der Waals surface area contributed by atoms with Crippen molar-refractivity contribution in [3.05, 3.63) is 12.2 Å². The average Bonchev–Trinajstić information content (AvgIpc) is 2.11. The highest BCUT2D eigenvalue weighted by atomic mass is 16.4. The Hall–Kier alpha value is -1.69. The molecule has 3 N–H and O–H groups in total. The summed E-state index contributed by atoms with van der Waals surface area (Å²) in [4.78, 5) is 32.7. The highest BCUT2D eigenvalue weighted by Crippen LogP contribution is 2.35. The minimum absolute atomic E-state index is 0.667. The number of hydrogen-bond donors (Lipinski definition) is 3. The summed E-state index contributed by atoms with van der Waals surface area (Å²) in [5.74, 6) is -4.02. The fraction of sp³-hybridized carbons (Fsp3) is 0.444. The zero-order valence-corrected chi connectivity index (χ0v) is 7.93. The molecule has 1 rings (SSSR count). The summed E-state index contributed by atoms with van der Waals surface area (Å²) in [5, 5.41) is 27.1. The molecule has 0 heterocycles. The molecule has 2 atom stereocenters. The fourth-order valence-electron chi connectivity index (χ4n) is 1.40. The molecular formula is C9H10O6. The van der Waals surface area contributed by atoms with Crippen LogP contribution in [0.3, 0.4) is 0 Å². The van der Waals surface area contributed by atoms with Gasteiger partial charge in [0.25, 0.3) is 0 Å². The summed E-state index contributed by atoms with van der Waals surface area (Å²) >= 11 is 0. The molecule has 0 aromatic carbocycles. The topological polar surface area (TPSA) is 112 Å². The summed E-state index contributed by atoms with van der Waals surface area (Å²) < 4.78 is 0. The van der Waals surface area contributed by atoms with Gasteiger partial charge in [-0.25, -0.2) is 4.79 Å². The molecule has 0 saturated carbocycles. The standard InChI is InChI=1S/C9H10O6/c1-8(6(11)12)3-2-5(10)9(15,4-8)7(13)14/h2-3,15H,4H2,1H3,(H,11,12)(H,13,14). The van der Waals surface area contributed by atoms with Gasteiger partial charge in [-0.2, -0.15) is 0 Å². The lowest BCUT2D eigenvalue weighted by Crippen LogP contribution is -2.52. The van der Waals surface area contributed by atoms with E-state index in [1.807, 2.05) is 0 Å². The minimum Gasteiger partial charge on any atom is -0.481 e. The van der Waals surface area contributed by atoms with Crippen molar-refractivity contribution in [1.29, 1.82) is 0 Å². The van der Waals surface area contributed by atoms with Crippen LogP contribution in [0, 0.1) is 5.41 Å². The Labute approximate surface area is 84.8 Å². The Bertz CT molecular complexity index is 371. The number of carbonyl (C=O) groups is 3. The first-order valence-corrected chi connectivity index (χ1v) is 4.15. The number of rotatable bonds is 2. The van der Waals surface area contributed by atoms with E-state index in [0.717, 1.165) is 12.2 Å². The lowest BCUT2D eigenvalue weighted by atomic mass is 9.72. The van der Waals surface area contributed by atoms with Gasteiger partial charge in [0.2, 0.25) is 5.60 Å². The van der Waals surface area contributed by atoms with E-state index in [4.69, 9.17) is 10.2 Å². The predicted molar refractivity (Wildman–Crippen MR) is 47.1 cm³/mol. The van der Waals surface area contributed by atoms with Crippen LogP contribution in [-0.2, 0) is 14.4 Å². The molecule has 0 saturated heterocycles. The van der Waals surface area contributed by atoms with Gasteiger partial charge >= 0.3 is 11.9 Å². The van der Waals surface area contributed by atoms with E-state index in [-0.39, 0.29) is 0 Å². The van der Waals surface area contributed by atoms with Gasteiger partial charge in [0, 0.05) is 6.42 Å². The van der Waals surface area contributed by atoms with E-state index in [1.54, 1.807) is 0 Å². The lowest BCUT2D eigenvalue weighted by molar-refractivity contribution is -0.169. The monoisotopic (exact) mass is 214 g/mol. The quantitative estimate of drug-likeness (QED) is 0.530. The molecule has 1 aliphatic rings. The van der Waals surface area contributed by atoms with Crippen molar-refractivity contribution in [3.8, 4) is 0 Å². The Kier molecular flexibility index (Phi) is 2.40. The van der Waals surface area contributed by atoms with Gasteiger partial charge in [-0.3, -0.25) is 9.59 Å². The van der Waals surface area contributed by atoms with E-state index in [9.17, 15) is 19.5 Å². The van der Waals surface area contributed by atoms with E-state index >= 15 is 0 Å². The van der Waals surface area contributed by atoms with Gasteiger partial charge < -0.3 is 15.3 Å². The van der Waals surface area contributed by atoms with Gasteiger partial charge in [0.05, 0.1) is 5.41 Å². The molecule has 0 aromatic heterocycles. The van der Waals surface area contributed by atoms with Gasteiger partial charge in [-0.1, -0.05) is 6.08 Å². The van der Waals surface area contributed by atoms with Gasteiger partial charge in [-0.05, 0) is 13.0 Å². The second-order valence-electron chi connectivity index (χ2n) is 3.76. The molecular weight excluding hydrogens is 204 g/mol. The van der Waals surface area contributed by atoms with E-state index < -0.39 is 35.2 Å². The van der Waals surface area contributed by atoms with Crippen LogP contribution >= 0.6 is 0 Å². The molecule has 6 nitrogen and oxygen atoms in total. The first-order valence-electron chi connectivity index (χ1n) is 4.15. The van der Waals surface area contributed by atoms with E-state index in [0.29, 0.717) is 0 Å². The molecule has 6 heteroatoms. The molecule has 0 aliphatic heterocycles. The molecule has 0 radical (unpaired) electrons. The summed E-state index contributed by atoms with van der Waals surface area (Å²) in [6.45, 7) is 1.24. The van der Waals surface area contributed by atoms with Crippen LogP contribution in [0.2, 0.25) is 0 Å². The number of aliphatic carboxylic acids is 2. The van der Waals surface area contributed by atoms with Gasteiger partial charge in [0.1, 0.15) is 0 Å². The number of aliphatic hydroxyl groups is 1. The van der Waals surface area contributed by atoms with Crippen molar-refractivity contribution >= 4 is 17.7 Å². The summed E-state index contributed by atoms with van der Waals surface area (Å²) in [7, 11) is 0. The number of carbonyl (C=O) groups excluding carboxylic acids is 1. The van der Waals surface area contributed by atoms with Crippen molar-refractivity contribution in [3.63, 3.8) is 0 Å². The highest BCUT2D eigenvalue weighted by molar-refractivity contribution is 6.13. The maximum absolute atomic E-state index is 11.2. The highest BCUT2D eigenvalue weighted by Gasteiger charge is 2.52. The minimum atomic E-state index is -2.64. The number of ketones is 1. The number of carboxylic acid groups (broad SMARTS) is 2. The van der Waals surface area contributed by atoms with Crippen molar-refractivity contribution in [1.82, 2.24) is 0 Å². The molecule has 82 valence electrons. The molecule has 0 aromatic rings. The molecule has 0 bridgehead atoms. The second kappa shape index (κ2) is 3.16. The summed E-state index contributed by atoms with van der Waals surface area (Å²) in [6, 6.07) is 0. The number of carboxylic acids is 2. The number of hydrogen-bond acceptors (Lipinski definition) is 4. The molecule has 2 unspecified atom stereocenters. The van der Waals surface area contributed by atoms with Gasteiger partial charge in [0.15, 0.2) is 5.78 Å². The molecule has 0 fully saturated rings. The molecule has 15 heavy (non-hydrogen) atoms. The summed E-state index contributed by atoms with van der Waals surface area (Å²) in [5.41, 5.74) is -4.18. The normalized spacial score (nSPS) is 35.2. The lowest BCUT2D eigenvalue weighted by Gasteiger charge is -2.32. The Morgan fingerprint density at radius 3 is 2.27 bits per heavy atom. The van der Waals surface area contributed by atoms with Crippen LogP contribution in [0.25, 0.3) is 0 Å². The predicted octanol–water partition coefficient (Wildman–Crippen LogP) is -0.578. The SMILES string of the molecule is CC1(C(=O)O)C=CC(=O)C(O)(C(=O)O)C1. The average molecular weight is 214 g/mol. The Morgan fingerprint density at radius 2 is 1.87 bits per heavy atom. The fourth-order valence-corrected chi connectivity index (χ4v) is 1.40. The second-order valence-corrected chi connectivity index (χ2v) is 3.76. The van der Waals surface area contributed by atoms with Crippen LogP contribution in [0.15, 0.2) is 12.2 Å². The van der Waals surface area contributed by atoms with E-state index in [2.05, 4.69) is 0 Å². The zero-order valence-electron chi connectivity index (χ0n) is 7.93. The maximum Gasteiger partial charge on any atom is 0.343 e. The van der Waals surface area contributed by atoms with Crippen molar-refractivity contribution in [2.45, 2.75) is 18.9 Å². The third-order valence-corrected chi connectivity index (χ3v) is 2.48. The zero-order chi connectivity index (χ0) is 11.9. The molecule has 1 aliphatic carbocycles. The van der Waals surface area contributed by atoms with Crippen molar-refractivity contribution in [2.75, 3.05) is 0 Å². The Balaban J connectivity index is 3.19. The van der Waals surface area contributed by atoms with Gasteiger partial charge in [-0.15, -0.1) is 0 Å². The van der Waals surface area contributed by atoms with Crippen LogP contribution in [0.4, 0.5) is 0 Å². The van der Waals surface area contributed by atoms with E-state index in [1.165, 1.54) is 6.92 Å². The van der Waals surface area contributed by atoms with Crippen LogP contribution in [-0.4, -0.2) is 38.6 Å². The van der Waals surface area contributed by atoms with Crippen LogP contribution in [0.5, 0.6) is 0 Å². The van der Waals surface area contributed by atoms with Crippen LogP contribution in [0.1, 0.15) is 13.3 Å².